The van der Waals surface area contributed by atoms with E-state index in [1.54, 1.807) is 6.07 Å². The SMILES string of the molecule is CC1=C(C(=O)NCCC2CCCN2C)SC(c2cccc(Cl)c2Cl)N1. The van der Waals surface area contributed by atoms with Crippen LogP contribution in [0.5, 0.6) is 0 Å². The highest BCUT2D eigenvalue weighted by atomic mass is 35.5. The molecule has 2 atom stereocenters. The fourth-order valence-corrected chi connectivity index (χ4v) is 5.05. The van der Waals surface area contributed by atoms with Gasteiger partial charge >= 0.3 is 0 Å². The fraction of sp³-hybridized carbons (Fsp3) is 0.500. The molecule has 0 saturated carbocycles. The molecule has 2 heterocycles. The Morgan fingerprint density at radius 1 is 1.44 bits per heavy atom. The van der Waals surface area contributed by atoms with Crippen molar-refractivity contribution in [1.82, 2.24) is 15.5 Å². The summed E-state index contributed by atoms with van der Waals surface area (Å²) in [5, 5.41) is 7.37. The maximum Gasteiger partial charge on any atom is 0.259 e. The molecule has 2 N–H and O–H groups in total. The minimum atomic E-state index is -0.0899. The van der Waals surface area contributed by atoms with Gasteiger partial charge in [-0.2, -0.15) is 0 Å². The lowest BCUT2D eigenvalue weighted by molar-refractivity contribution is -0.116. The number of likely N-dealkylation sites (tertiary alicyclic amines) is 1. The highest BCUT2D eigenvalue weighted by molar-refractivity contribution is 8.04. The van der Waals surface area contributed by atoms with Crippen LogP contribution in [0.25, 0.3) is 0 Å². The van der Waals surface area contributed by atoms with Gasteiger partial charge in [-0.1, -0.05) is 47.1 Å². The van der Waals surface area contributed by atoms with E-state index in [2.05, 4.69) is 22.6 Å². The number of nitrogens with one attached hydrogen (secondary N) is 2. The molecular weight excluding hydrogens is 377 g/mol. The number of nitrogens with zero attached hydrogens (tertiary/aromatic N) is 1. The summed E-state index contributed by atoms with van der Waals surface area (Å²) in [5.74, 6) is -0.0173. The van der Waals surface area contributed by atoms with Gasteiger partial charge in [-0.3, -0.25) is 4.79 Å². The van der Waals surface area contributed by atoms with Crippen molar-refractivity contribution in [3.8, 4) is 0 Å². The third-order valence-corrected chi connectivity index (χ3v) is 7.00. The summed E-state index contributed by atoms with van der Waals surface area (Å²) in [4.78, 5) is 15.6. The van der Waals surface area contributed by atoms with Gasteiger partial charge in [0.2, 0.25) is 0 Å². The second-order valence-corrected chi connectivity index (χ2v) is 8.46. The number of hydrogen-bond acceptors (Lipinski definition) is 4. The van der Waals surface area contributed by atoms with Crippen LogP contribution in [0, 0.1) is 0 Å². The summed E-state index contributed by atoms with van der Waals surface area (Å²) in [6.07, 6.45) is 3.47. The van der Waals surface area contributed by atoms with Crippen LogP contribution in [-0.2, 0) is 4.79 Å². The van der Waals surface area contributed by atoms with E-state index in [4.69, 9.17) is 23.2 Å². The van der Waals surface area contributed by atoms with Crippen molar-refractivity contribution in [3.05, 3.63) is 44.4 Å². The smallest absolute Gasteiger partial charge is 0.259 e. The molecule has 1 saturated heterocycles. The fourth-order valence-electron chi connectivity index (χ4n) is 3.36. The first-order valence-electron chi connectivity index (χ1n) is 8.53. The molecule has 2 aliphatic rings. The molecule has 1 fully saturated rings. The van der Waals surface area contributed by atoms with Gasteiger partial charge < -0.3 is 15.5 Å². The highest BCUT2D eigenvalue weighted by Gasteiger charge is 2.29. The zero-order valence-electron chi connectivity index (χ0n) is 14.4. The van der Waals surface area contributed by atoms with Crippen LogP contribution in [0.2, 0.25) is 10.0 Å². The van der Waals surface area contributed by atoms with Gasteiger partial charge in [0.1, 0.15) is 5.37 Å². The van der Waals surface area contributed by atoms with Crippen LogP contribution in [0.4, 0.5) is 0 Å². The molecule has 0 spiro atoms. The van der Waals surface area contributed by atoms with E-state index in [0.29, 0.717) is 22.6 Å². The molecule has 25 heavy (non-hydrogen) atoms. The Morgan fingerprint density at radius 3 is 2.96 bits per heavy atom. The first-order valence-corrected chi connectivity index (χ1v) is 10.2. The molecule has 0 bridgehead atoms. The molecule has 4 nitrogen and oxygen atoms in total. The molecule has 0 aromatic heterocycles. The number of carbonyl (C=O) groups excluding carboxylic acids is 1. The predicted molar refractivity (Wildman–Crippen MR) is 106 cm³/mol. The van der Waals surface area contributed by atoms with E-state index in [9.17, 15) is 4.79 Å². The zero-order chi connectivity index (χ0) is 18.0. The molecule has 3 rings (SSSR count). The number of benzene rings is 1. The number of halogens is 2. The van der Waals surface area contributed by atoms with Gasteiger partial charge in [-0.25, -0.2) is 0 Å². The molecule has 2 aliphatic heterocycles. The number of carbonyl (C=O) groups is 1. The van der Waals surface area contributed by atoms with Crippen molar-refractivity contribution in [1.29, 1.82) is 0 Å². The Bertz CT molecular complexity index is 695. The number of hydrogen-bond donors (Lipinski definition) is 2. The normalized spacial score (nSPS) is 23.8. The minimum absolute atomic E-state index is 0.0173. The molecule has 1 amide bonds. The van der Waals surface area contributed by atoms with Gasteiger partial charge in [0, 0.05) is 23.8 Å². The Hall–Kier alpha value is -0.880. The van der Waals surface area contributed by atoms with Crippen molar-refractivity contribution >= 4 is 40.9 Å². The summed E-state index contributed by atoms with van der Waals surface area (Å²) < 4.78 is 0. The Morgan fingerprint density at radius 2 is 2.24 bits per heavy atom. The van der Waals surface area contributed by atoms with Crippen molar-refractivity contribution in [2.45, 2.75) is 37.6 Å². The summed E-state index contributed by atoms with van der Waals surface area (Å²) in [5.41, 5.74) is 1.77. The number of amides is 1. The summed E-state index contributed by atoms with van der Waals surface area (Å²) in [7, 11) is 2.15. The number of thioether (sulfide) groups is 1. The Balaban J connectivity index is 1.56. The number of rotatable bonds is 5. The molecule has 0 aliphatic carbocycles. The highest BCUT2D eigenvalue weighted by Crippen LogP contribution is 2.43. The molecule has 1 aromatic carbocycles. The van der Waals surface area contributed by atoms with Crippen molar-refractivity contribution < 1.29 is 4.79 Å². The quantitative estimate of drug-likeness (QED) is 0.779. The van der Waals surface area contributed by atoms with E-state index in [0.717, 1.165) is 29.1 Å². The summed E-state index contributed by atoms with van der Waals surface area (Å²) >= 11 is 13.9. The lowest BCUT2D eigenvalue weighted by Crippen LogP contribution is -2.32. The monoisotopic (exact) mass is 399 g/mol. The second kappa shape index (κ2) is 8.21. The van der Waals surface area contributed by atoms with Crippen molar-refractivity contribution in [2.24, 2.45) is 0 Å². The lowest BCUT2D eigenvalue weighted by atomic mass is 10.1. The Labute approximate surface area is 163 Å². The number of allylic oxidation sites excluding steroid dienone is 1. The van der Waals surface area contributed by atoms with Gasteiger partial charge in [0.15, 0.2) is 0 Å². The standard InChI is InChI=1S/C18H23Cl2N3OS/c1-11-16(17(24)21-9-8-12-5-4-10-23(12)2)25-18(22-11)13-6-3-7-14(19)15(13)20/h3,6-7,12,18,22H,4-5,8-10H2,1-2H3,(H,21,24). The first kappa shape index (κ1) is 18.9. The average Bonchev–Trinajstić information content (AvgIpc) is 3.16. The third kappa shape index (κ3) is 4.27. The van der Waals surface area contributed by atoms with E-state index in [-0.39, 0.29) is 11.3 Å². The third-order valence-electron chi connectivity index (χ3n) is 4.83. The second-order valence-electron chi connectivity index (χ2n) is 6.56. The van der Waals surface area contributed by atoms with Crippen LogP contribution in [-0.4, -0.2) is 37.0 Å². The van der Waals surface area contributed by atoms with Gasteiger partial charge in [-0.15, -0.1) is 0 Å². The Kier molecular flexibility index (Phi) is 6.21. The zero-order valence-corrected chi connectivity index (χ0v) is 16.8. The summed E-state index contributed by atoms with van der Waals surface area (Å²) in [6.45, 7) is 3.78. The average molecular weight is 400 g/mol. The molecule has 2 unspecified atom stereocenters. The molecule has 7 heteroatoms. The van der Waals surface area contributed by atoms with Crippen LogP contribution in [0.1, 0.15) is 37.1 Å². The molecule has 0 radical (unpaired) electrons. The van der Waals surface area contributed by atoms with Crippen molar-refractivity contribution in [3.63, 3.8) is 0 Å². The van der Waals surface area contributed by atoms with Crippen molar-refractivity contribution in [2.75, 3.05) is 20.1 Å². The van der Waals surface area contributed by atoms with Gasteiger partial charge in [0.25, 0.3) is 5.91 Å². The van der Waals surface area contributed by atoms with Crippen LogP contribution >= 0.6 is 35.0 Å². The van der Waals surface area contributed by atoms with Crippen LogP contribution < -0.4 is 10.6 Å². The maximum atomic E-state index is 12.5. The van der Waals surface area contributed by atoms with Crippen LogP contribution in [0.3, 0.4) is 0 Å². The van der Waals surface area contributed by atoms with Gasteiger partial charge in [0.05, 0.1) is 15.0 Å². The molecular formula is C18H23Cl2N3OS. The van der Waals surface area contributed by atoms with Crippen LogP contribution in [0.15, 0.2) is 28.8 Å². The van der Waals surface area contributed by atoms with E-state index in [1.165, 1.54) is 24.6 Å². The van der Waals surface area contributed by atoms with E-state index < -0.39 is 0 Å². The minimum Gasteiger partial charge on any atom is -0.372 e. The predicted octanol–water partition coefficient (Wildman–Crippen LogP) is 4.16. The molecule has 136 valence electrons. The molecule has 1 aromatic rings. The first-order chi connectivity index (χ1) is 12.0. The summed E-state index contributed by atoms with van der Waals surface area (Å²) in [6, 6.07) is 6.16. The topological polar surface area (TPSA) is 44.4 Å². The maximum absolute atomic E-state index is 12.5. The van der Waals surface area contributed by atoms with E-state index in [1.807, 2.05) is 19.1 Å². The largest absolute Gasteiger partial charge is 0.372 e. The lowest BCUT2D eigenvalue weighted by Gasteiger charge is -2.19. The van der Waals surface area contributed by atoms with E-state index >= 15 is 0 Å². The van der Waals surface area contributed by atoms with Gasteiger partial charge in [-0.05, 0) is 45.8 Å².